The summed E-state index contributed by atoms with van der Waals surface area (Å²) in [5.74, 6) is 0.0415. The second-order valence-electron chi connectivity index (χ2n) is 5.17. The zero-order chi connectivity index (χ0) is 15.2. The molecule has 3 rings (SSSR count). The Kier molecular flexibility index (Phi) is 4.95. The predicted octanol–water partition coefficient (Wildman–Crippen LogP) is 2.10. The minimum atomic E-state index is -0.192. The molecule has 0 spiro atoms. The number of carbonyl (C=O) groups excluding carboxylic acids is 1. The lowest BCUT2D eigenvalue weighted by Gasteiger charge is -2.28. The lowest BCUT2D eigenvalue weighted by Crippen LogP contribution is -2.38. The average molecular weight is 315 g/mol. The molecule has 1 amide bonds. The van der Waals surface area contributed by atoms with E-state index in [9.17, 15) is 4.79 Å². The highest BCUT2D eigenvalue weighted by Crippen LogP contribution is 2.31. The van der Waals surface area contributed by atoms with Gasteiger partial charge in [-0.1, -0.05) is 11.8 Å². The first-order chi connectivity index (χ1) is 10.8. The number of hydrogen-bond donors (Lipinski definition) is 1. The molecule has 0 saturated heterocycles. The summed E-state index contributed by atoms with van der Waals surface area (Å²) in [5, 5.41) is 4.36. The molecule has 0 atom stereocenters. The average Bonchev–Trinajstić information content (AvgIpc) is 2.58. The fourth-order valence-electron chi connectivity index (χ4n) is 2.49. The summed E-state index contributed by atoms with van der Waals surface area (Å²) in [4.78, 5) is 28.5. The predicted molar refractivity (Wildman–Crippen MR) is 83.4 cm³/mol. The van der Waals surface area contributed by atoms with Crippen molar-refractivity contribution in [2.45, 2.75) is 42.1 Å². The van der Waals surface area contributed by atoms with Crippen LogP contribution in [0.5, 0.6) is 0 Å². The largest absolute Gasteiger partial charge is 0.347 e. The summed E-state index contributed by atoms with van der Waals surface area (Å²) in [6, 6.07) is 3.72. The smallest absolute Gasteiger partial charge is 0.289 e. The summed E-state index contributed by atoms with van der Waals surface area (Å²) in [7, 11) is 0. The van der Waals surface area contributed by atoms with E-state index < -0.39 is 0 Å². The highest BCUT2D eigenvalue weighted by atomic mass is 32.2. The Morgan fingerprint density at radius 1 is 0.955 bits per heavy atom. The minimum Gasteiger partial charge on any atom is -0.347 e. The second kappa shape index (κ2) is 7.31. The molecule has 7 heteroatoms. The Morgan fingerprint density at radius 2 is 1.55 bits per heavy atom. The molecule has 22 heavy (non-hydrogen) atoms. The van der Waals surface area contributed by atoms with Crippen molar-refractivity contribution in [1.82, 2.24) is 25.3 Å². The fraction of sp³-hybridized carbons (Fsp3) is 0.400. The van der Waals surface area contributed by atoms with Crippen molar-refractivity contribution in [1.29, 1.82) is 0 Å². The third kappa shape index (κ3) is 4.00. The van der Waals surface area contributed by atoms with Gasteiger partial charge in [0.05, 0.1) is 0 Å². The van der Waals surface area contributed by atoms with Gasteiger partial charge >= 0.3 is 0 Å². The first kappa shape index (κ1) is 14.9. The van der Waals surface area contributed by atoms with Crippen LogP contribution in [0, 0.1) is 0 Å². The Balaban J connectivity index is 1.47. The van der Waals surface area contributed by atoms with Crippen LogP contribution in [-0.4, -0.2) is 37.1 Å². The molecule has 6 nitrogen and oxygen atoms in total. The van der Waals surface area contributed by atoms with Gasteiger partial charge in [0.2, 0.25) is 5.82 Å². The maximum Gasteiger partial charge on any atom is 0.289 e. The molecule has 0 bridgehead atoms. The summed E-state index contributed by atoms with van der Waals surface area (Å²) < 4.78 is 0. The van der Waals surface area contributed by atoms with Crippen LogP contribution >= 0.6 is 11.8 Å². The lowest BCUT2D eigenvalue weighted by molar-refractivity contribution is 0.0917. The quantitative estimate of drug-likeness (QED) is 0.870. The molecule has 2 aromatic heterocycles. The maximum atomic E-state index is 12.0. The van der Waals surface area contributed by atoms with Crippen molar-refractivity contribution in [3.8, 4) is 0 Å². The molecule has 2 aromatic rings. The van der Waals surface area contributed by atoms with Crippen molar-refractivity contribution in [2.24, 2.45) is 0 Å². The fourth-order valence-corrected chi connectivity index (χ4v) is 3.54. The molecule has 0 unspecified atom stereocenters. The number of aromatic nitrogens is 4. The molecule has 0 aromatic carbocycles. The van der Waals surface area contributed by atoms with E-state index >= 15 is 0 Å². The van der Waals surface area contributed by atoms with Gasteiger partial charge in [-0.3, -0.25) is 4.79 Å². The van der Waals surface area contributed by atoms with E-state index in [0.717, 1.165) is 30.8 Å². The minimum absolute atomic E-state index is 0.192. The topological polar surface area (TPSA) is 80.7 Å². The van der Waals surface area contributed by atoms with Gasteiger partial charge in [0.1, 0.15) is 0 Å². The van der Waals surface area contributed by atoms with Gasteiger partial charge < -0.3 is 5.32 Å². The van der Waals surface area contributed by atoms with Crippen molar-refractivity contribution in [3.63, 3.8) is 0 Å². The molecule has 1 aliphatic carbocycles. The van der Waals surface area contributed by atoms with Crippen molar-refractivity contribution in [3.05, 3.63) is 42.7 Å². The number of amides is 1. The van der Waals surface area contributed by atoms with Crippen molar-refractivity contribution < 1.29 is 4.79 Å². The second-order valence-corrected chi connectivity index (χ2v) is 6.44. The van der Waals surface area contributed by atoms with E-state index in [1.807, 2.05) is 6.07 Å². The normalized spacial score (nSPS) is 21.3. The third-order valence-electron chi connectivity index (χ3n) is 3.59. The molecule has 2 heterocycles. The Morgan fingerprint density at radius 3 is 2.18 bits per heavy atom. The van der Waals surface area contributed by atoms with Gasteiger partial charge in [0.25, 0.3) is 5.91 Å². The van der Waals surface area contributed by atoms with E-state index in [-0.39, 0.29) is 17.8 Å². The number of nitrogens with zero attached hydrogens (tertiary/aromatic N) is 4. The Bertz CT molecular complexity index is 602. The lowest BCUT2D eigenvalue weighted by atomic mass is 9.95. The number of thioether (sulfide) groups is 1. The van der Waals surface area contributed by atoms with Crippen LogP contribution in [0.1, 0.15) is 36.3 Å². The molecular weight excluding hydrogens is 298 g/mol. The third-order valence-corrected chi connectivity index (χ3v) is 4.82. The summed E-state index contributed by atoms with van der Waals surface area (Å²) in [6.45, 7) is 0. The van der Waals surface area contributed by atoms with Crippen LogP contribution < -0.4 is 5.32 Å². The SMILES string of the molecule is O=C(NC1CCC(Sc2ncccn2)CC1)c1ncccn1. The van der Waals surface area contributed by atoms with Gasteiger partial charge in [0, 0.05) is 36.1 Å². The number of hydrogen-bond acceptors (Lipinski definition) is 6. The van der Waals surface area contributed by atoms with E-state index in [1.54, 1.807) is 42.6 Å². The molecule has 1 N–H and O–H groups in total. The summed E-state index contributed by atoms with van der Waals surface area (Å²) in [6.07, 6.45) is 10.7. The van der Waals surface area contributed by atoms with Gasteiger partial charge in [-0.15, -0.1) is 0 Å². The van der Waals surface area contributed by atoms with Gasteiger partial charge in [-0.25, -0.2) is 19.9 Å². The molecule has 0 aliphatic heterocycles. The molecule has 1 saturated carbocycles. The van der Waals surface area contributed by atoms with Crippen molar-refractivity contribution >= 4 is 17.7 Å². The summed E-state index contributed by atoms with van der Waals surface area (Å²) in [5.41, 5.74) is 0. The molecule has 1 fully saturated rings. The van der Waals surface area contributed by atoms with Crippen LogP contribution in [0.15, 0.2) is 42.1 Å². The number of rotatable bonds is 4. The first-order valence-electron chi connectivity index (χ1n) is 7.33. The Labute approximate surface area is 133 Å². The summed E-state index contributed by atoms with van der Waals surface area (Å²) >= 11 is 1.72. The number of carbonyl (C=O) groups is 1. The molecule has 1 aliphatic rings. The van der Waals surface area contributed by atoms with Crippen LogP contribution in [0.4, 0.5) is 0 Å². The zero-order valence-corrected chi connectivity index (χ0v) is 12.9. The van der Waals surface area contributed by atoms with Crippen LogP contribution in [0.2, 0.25) is 0 Å². The first-order valence-corrected chi connectivity index (χ1v) is 8.21. The zero-order valence-electron chi connectivity index (χ0n) is 12.1. The standard InChI is InChI=1S/C15H17N5OS/c21-14(13-16-7-1-8-17-13)20-11-3-5-12(6-4-11)22-15-18-9-2-10-19-15/h1-2,7-12H,3-6H2,(H,20,21). The molecule has 114 valence electrons. The molecule has 0 radical (unpaired) electrons. The van der Waals surface area contributed by atoms with Crippen LogP contribution in [0.3, 0.4) is 0 Å². The van der Waals surface area contributed by atoms with E-state index in [2.05, 4.69) is 25.3 Å². The van der Waals surface area contributed by atoms with Gasteiger partial charge in [-0.2, -0.15) is 0 Å². The van der Waals surface area contributed by atoms with E-state index in [4.69, 9.17) is 0 Å². The van der Waals surface area contributed by atoms with Crippen LogP contribution in [0.25, 0.3) is 0 Å². The van der Waals surface area contributed by atoms with Gasteiger partial charge in [-0.05, 0) is 37.8 Å². The van der Waals surface area contributed by atoms with E-state index in [0.29, 0.717) is 5.25 Å². The number of nitrogens with one attached hydrogen (secondary N) is 1. The Hall–Kier alpha value is -2.02. The molecular formula is C15H17N5OS. The highest BCUT2D eigenvalue weighted by Gasteiger charge is 2.24. The van der Waals surface area contributed by atoms with Gasteiger partial charge in [0.15, 0.2) is 5.16 Å². The monoisotopic (exact) mass is 315 g/mol. The highest BCUT2D eigenvalue weighted by molar-refractivity contribution is 7.99. The maximum absolute atomic E-state index is 12.0. The van der Waals surface area contributed by atoms with Crippen LogP contribution in [-0.2, 0) is 0 Å². The van der Waals surface area contributed by atoms with Crippen molar-refractivity contribution in [2.75, 3.05) is 0 Å². The van der Waals surface area contributed by atoms with E-state index in [1.165, 1.54) is 0 Å².